The van der Waals surface area contributed by atoms with Crippen molar-refractivity contribution in [3.8, 4) is 0 Å². The molecule has 5 nitrogen and oxygen atoms in total. The number of hydrogen-bond acceptors (Lipinski definition) is 4. The number of hydrogen-bond donors (Lipinski definition) is 2. The first-order chi connectivity index (χ1) is 9.20. The minimum absolute atomic E-state index is 0.115. The molecule has 1 saturated carbocycles. The van der Waals surface area contributed by atoms with Crippen LogP contribution >= 0.6 is 0 Å². The van der Waals surface area contributed by atoms with Crippen LogP contribution in [-0.2, 0) is 11.3 Å². The molecule has 1 aromatic heterocycles. The summed E-state index contributed by atoms with van der Waals surface area (Å²) >= 11 is 0. The molecule has 1 aromatic rings. The van der Waals surface area contributed by atoms with Gasteiger partial charge in [-0.15, -0.1) is 0 Å². The Morgan fingerprint density at radius 3 is 2.84 bits per heavy atom. The minimum Gasteiger partial charge on any atom is -0.394 e. The molecule has 0 aromatic carbocycles. The summed E-state index contributed by atoms with van der Waals surface area (Å²) in [6.07, 6.45) is 7.41. The van der Waals surface area contributed by atoms with Crippen molar-refractivity contribution in [2.75, 3.05) is 19.0 Å². The van der Waals surface area contributed by atoms with Gasteiger partial charge in [-0.2, -0.15) is 5.10 Å². The molecule has 2 rings (SSSR count). The van der Waals surface area contributed by atoms with Crippen LogP contribution in [0.4, 0.5) is 5.69 Å². The molecule has 2 unspecified atom stereocenters. The Kier molecular flexibility index (Phi) is 4.47. The number of nitrogens with one attached hydrogen (secondary N) is 1. The maximum Gasteiger partial charge on any atom is 0.0728 e. The van der Waals surface area contributed by atoms with E-state index in [1.165, 1.54) is 0 Å². The molecule has 2 N–H and O–H groups in total. The third-order valence-electron chi connectivity index (χ3n) is 4.69. The van der Waals surface area contributed by atoms with Crippen molar-refractivity contribution in [3.63, 3.8) is 0 Å². The lowest BCUT2D eigenvalue weighted by Crippen LogP contribution is -2.60. The number of aliphatic hydroxyl groups excluding tert-OH is 1. The fourth-order valence-electron chi connectivity index (χ4n) is 3.34. The van der Waals surface area contributed by atoms with E-state index in [0.717, 1.165) is 24.9 Å². The second kappa shape index (κ2) is 5.92. The molecule has 1 aliphatic rings. The first-order valence-electron chi connectivity index (χ1n) is 7.12. The predicted molar refractivity (Wildman–Crippen MR) is 75.2 cm³/mol. The molecule has 0 radical (unpaired) electrons. The van der Waals surface area contributed by atoms with E-state index in [-0.39, 0.29) is 12.0 Å². The van der Waals surface area contributed by atoms with Gasteiger partial charge in [0, 0.05) is 24.8 Å². The zero-order valence-corrected chi connectivity index (χ0v) is 12.1. The summed E-state index contributed by atoms with van der Waals surface area (Å²) in [6.45, 7) is 5.13. The van der Waals surface area contributed by atoms with Gasteiger partial charge in [-0.25, -0.2) is 0 Å². The highest BCUT2D eigenvalue weighted by Gasteiger charge is 2.53. The highest BCUT2D eigenvalue weighted by Crippen LogP contribution is 2.49. The van der Waals surface area contributed by atoms with Crippen molar-refractivity contribution in [1.29, 1.82) is 0 Å². The Balaban J connectivity index is 2.02. The molecule has 1 fully saturated rings. The summed E-state index contributed by atoms with van der Waals surface area (Å²) in [5.41, 5.74) is 1.26. The zero-order chi connectivity index (χ0) is 13.9. The largest absolute Gasteiger partial charge is 0.394 e. The van der Waals surface area contributed by atoms with Gasteiger partial charge in [-0.1, -0.05) is 13.8 Å². The molecule has 0 amide bonds. The fraction of sp³-hybridized carbons (Fsp3) is 0.786. The Morgan fingerprint density at radius 1 is 1.53 bits per heavy atom. The Bertz CT molecular complexity index is 401. The van der Waals surface area contributed by atoms with Gasteiger partial charge in [0.25, 0.3) is 0 Å². The van der Waals surface area contributed by atoms with Crippen LogP contribution in [0, 0.1) is 5.41 Å². The van der Waals surface area contributed by atoms with Crippen LogP contribution in [0.25, 0.3) is 0 Å². The van der Waals surface area contributed by atoms with Crippen molar-refractivity contribution in [2.24, 2.45) is 5.41 Å². The summed E-state index contributed by atoms with van der Waals surface area (Å²) in [4.78, 5) is 0. The van der Waals surface area contributed by atoms with Gasteiger partial charge >= 0.3 is 0 Å². The van der Waals surface area contributed by atoms with Crippen molar-refractivity contribution in [3.05, 3.63) is 12.4 Å². The molecule has 0 bridgehead atoms. The van der Waals surface area contributed by atoms with Crippen LogP contribution in [0.3, 0.4) is 0 Å². The predicted octanol–water partition coefficient (Wildman–Crippen LogP) is 1.88. The van der Waals surface area contributed by atoms with Crippen LogP contribution in [0.5, 0.6) is 0 Å². The normalized spacial score (nSPS) is 25.1. The molecule has 0 spiro atoms. The molecular formula is C14H25N3O2. The maximum atomic E-state index is 8.90. The molecule has 19 heavy (non-hydrogen) atoms. The zero-order valence-electron chi connectivity index (χ0n) is 12.1. The second-order valence-electron chi connectivity index (χ2n) is 5.31. The number of rotatable bonds is 7. The first kappa shape index (κ1) is 14.3. The number of ether oxygens (including phenoxy) is 1. The summed E-state index contributed by atoms with van der Waals surface area (Å²) in [5, 5.41) is 16.7. The van der Waals surface area contributed by atoms with E-state index in [2.05, 4.69) is 24.3 Å². The van der Waals surface area contributed by atoms with Crippen LogP contribution in [0.15, 0.2) is 12.4 Å². The summed E-state index contributed by atoms with van der Waals surface area (Å²) in [6, 6.07) is 0.444. The molecule has 1 heterocycles. The molecule has 5 heteroatoms. The summed E-state index contributed by atoms with van der Waals surface area (Å²) in [7, 11) is 1.81. The lowest BCUT2D eigenvalue weighted by Gasteiger charge is -2.55. The third kappa shape index (κ3) is 2.49. The van der Waals surface area contributed by atoms with Gasteiger partial charge in [0.2, 0.25) is 0 Å². The first-order valence-corrected chi connectivity index (χ1v) is 7.12. The van der Waals surface area contributed by atoms with E-state index < -0.39 is 0 Å². The van der Waals surface area contributed by atoms with E-state index in [9.17, 15) is 0 Å². The van der Waals surface area contributed by atoms with E-state index in [0.29, 0.717) is 18.7 Å². The third-order valence-corrected chi connectivity index (χ3v) is 4.69. The molecular weight excluding hydrogens is 242 g/mol. The standard InChI is InChI=1S/C14H25N3O2/c1-4-14(5-2)12(8-13(14)19-3)16-11-9-15-17(10-11)6-7-18/h9-10,12-13,16,18H,4-8H2,1-3H3. The van der Waals surface area contributed by atoms with Gasteiger partial charge in [0.05, 0.1) is 31.1 Å². The second-order valence-corrected chi connectivity index (χ2v) is 5.31. The van der Waals surface area contributed by atoms with Crippen LogP contribution in [-0.4, -0.2) is 40.7 Å². The fourth-order valence-corrected chi connectivity index (χ4v) is 3.34. The van der Waals surface area contributed by atoms with Crippen LogP contribution < -0.4 is 5.32 Å². The number of aliphatic hydroxyl groups is 1. The Morgan fingerprint density at radius 2 is 2.26 bits per heavy atom. The number of methoxy groups -OCH3 is 1. The Labute approximate surface area is 115 Å². The van der Waals surface area contributed by atoms with E-state index in [1.807, 2.05) is 12.4 Å². The van der Waals surface area contributed by atoms with Crippen molar-refractivity contribution in [2.45, 2.75) is 51.8 Å². The van der Waals surface area contributed by atoms with Gasteiger partial charge in [-0.05, 0) is 19.3 Å². The van der Waals surface area contributed by atoms with E-state index >= 15 is 0 Å². The van der Waals surface area contributed by atoms with Crippen molar-refractivity contribution in [1.82, 2.24) is 9.78 Å². The van der Waals surface area contributed by atoms with Gasteiger partial charge in [0.15, 0.2) is 0 Å². The molecule has 2 atom stereocenters. The summed E-state index contributed by atoms with van der Waals surface area (Å²) in [5.74, 6) is 0. The number of anilines is 1. The highest BCUT2D eigenvalue weighted by atomic mass is 16.5. The number of aromatic nitrogens is 2. The topological polar surface area (TPSA) is 59.3 Å². The average Bonchev–Trinajstić information content (AvgIpc) is 2.84. The number of nitrogens with zero attached hydrogens (tertiary/aromatic N) is 2. The van der Waals surface area contributed by atoms with E-state index in [4.69, 9.17) is 9.84 Å². The average molecular weight is 267 g/mol. The van der Waals surface area contributed by atoms with Crippen LogP contribution in [0.2, 0.25) is 0 Å². The van der Waals surface area contributed by atoms with Crippen molar-refractivity contribution < 1.29 is 9.84 Å². The van der Waals surface area contributed by atoms with Crippen molar-refractivity contribution >= 4 is 5.69 Å². The SMILES string of the molecule is CCC1(CC)C(Nc2cnn(CCO)c2)CC1OC. The molecule has 1 aliphatic carbocycles. The molecule has 0 aliphatic heterocycles. The minimum atomic E-state index is 0.115. The summed E-state index contributed by atoms with van der Waals surface area (Å²) < 4.78 is 7.36. The molecule has 108 valence electrons. The maximum absolute atomic E-state index is 8.90. The smallest absolute Gasteiger partial charge is 0.0728 e. The highest BCUT2D eigenvalue weighted by molar-refractivity contribution is 5.41. The van der Waals surface area contributed by atoms with Gasteiger partial charge in [0.1, 0.15) is 0 Å². The lowest BCUT2D eigenvalue weighted by atomic mass is 9.58. The Hall–Kier alpha value is -1.07. The van der Waals surface area contributed by atoms with Gasteiger partial charge in [-0.3, -0.25) is 4.68 Å². The molecule has 0 saturated heterocycles. The van der Waals surface area contributed by atoms with E-state index in [1.54, 1.807) is 11.8 Å². The van der Waals surface area contributed by atoms with Crippen LogP contribution in [0.1, 0.15) is 33.1 Å². The lowest BCUT2D eigenvalue weighted by molar-refractivity contribution is -0.106. The monoisotopic (exact) mass is 267 g/mol. The quantitative estimate of drug-likeness (QED) is 0.792. The van der Waals surface area contributed by atoms with Gasteiger partial charge < -0.3 is 15.2 Å².